The number of aryl methyl sites for hydroxylation is 1. The molecule has 6 heteroatoms. The van der Waals surface area contributed by atoms with Crippen LogP contribution in [0.15, 0.2) is 24.3 Å². The summed E-state index contributed by atoms with van der Waals surface area (Å²) < 4.78 is 5.17. The number of esters is 1. The zero-order chi connectivity index (χ0) is 19.9. The highest BCUT2D eigenvalue weighted by molar-refractivity contribution is 5.94. The van der Waals surface area contributed by atoms with Gasteiger partial charge in [0.1, 0.15) is 0 Å². The number of rotatable bonds is 8. The highest BCUT2D eigenvalue weighted by Gasteiger charge is 2.29. The first-order valence-corrected chi connectivity index (χ1v) is 10.6. The summed E-state index contributed by atoms with van der Waals surface area (Å²) >= 11 is 0. The predicted octanol–water partition coefficient (Wildman–Crippen LogP) is 3.20. The van der Waals surface area contributed by atoms with E-state index < -0.39 is 0 Å². The molecule has 2 saturated heterocycles. The maximum Gasteiger partial charge on any atom is 0.324 e. The van der Waals surface area contributed by atoms with E-state index in [1.807, 2.05) is 47.9 Å². The summed E-state index contributed by atoms with van der Waals surface area (Å²) in [7, 11) is 0. The van der Waals surface area contributed by atoms with Gasteiger partial charge in [-0.1, -0.05) is 12.1 Å². The Balaban J connectivity index is 1.47. The second-order valence-corrected chi connectivity index (χ2v) is 8.11. The van der Waals surface area contributed by atoms with Crippen molar-refractivity contribution < 1.29 is 14.3 Å². The summed E-state index contributed by atoms with van der Waals surface area (Å²) in [5.74, 6) is 0.572. The average Bonchev–Trinajstić information content (AvgIpc) is 3.06. The molecule has 0 aromatic heterocycles. The van der Waals surface area contributed by atoms with E-state index in [4.69, 9.17) is 4.74 Å². The van der Waals surface area contributed by atoms with E-state index in [0.717, 1.165) is 56.3 Å². The van der Waals surface area contributed by atoms with Crippen LogP contribution < -0.4 is 10.2 Å². The first kappa shape index (κ1) is 20.6. The molecule has 2 aliphatic heterocycles. The van der Waals surface area contributed by atoms with Crippen LogP contribution in [-0.4, -0.2) is 55.7 Å². The second kappa shape index (κ2) is 9.92. The van der Waals surface area contributed by atoms with Gasteiger partial charge in [-0.3, -0.25) is 9.69 Å². The van der Waals surface area contributed by atoms with Crippen LogP contribution in [0, 0.1) is 5.92 Å². The molecule has 0 spiro atoms. The maximum atomic E-state index is 12.8. The number of benzene rings is 1. The fourth-order valence-electron chi connectivity index (χ4n) is 3.95. The molecule has 2 fully saturated rings. The molecule has 2 aliphatic rings. The number of carbonyl (C=O) groups excluding carboxylic acids is 2. The van der Waals surface area contributed by atoms with Crippen molar-refractivity contribution in [2.75, 3.05) is 37.6 Å². The zero-order valence-corrected chi connectivity index (χ0v) is 17.2. The van der Waals surface area contributed by atoms with Gasteiger partial charge in [0.25, 0.3) is 0 Å². The van der Waals surface area contributed by atoms with E-state index in [2.05, 4.69) is 5.32 Å². The molecule has 0 bridgehead atoms. The molecular formula is C22H33N3O3. The van der Waals surface area contributed by atoms with Gasteiger partial charge in [-0.05, 0) is 76.2 Å². The normalized spacial score (nSPS) is 18.2. The van der Waals surface area contributed by atoms with Gasteiger partial charge < -0.3 is 15.0 Å². The molecule has 1 N–H and O–H groups in total. The number of ether oxygens (including phenoxy) is 1. The third-order valence-corrected chi connectivity index (χ3v) is 5.59. The number of urea groups is 1. The lowest BCUT2D eigenvalue weighted by atomic mass is 9.94. The number of nitrogens with zero attached hydrogens (tertiary/aromatic N) is 2. The number of carbonyl (C=O) groups is 2. The van der Waals surface area contributed by atoms with Gasteiger partial charge in [0.2, 0.25) is 0 Å². The van der Waals surface area contributed by atoms with Crippen LogP contribution in [0.2, 0.25) is 0 Å². The molecule has 3 rings (SSSR count). The lowest BCUT2D eigenvalue weighted by Crippen LogP contribution is -2.34. The van der Waals surface area contributed by atoms with Crippen LogP contribution in [0.3, 0.4) is 0 Å². The Bertz CT molecular complexity index is 653. The highest BCUT2D eigenvalue weighted by atomic mass is 16.5. The van der Waals surface area contributed by atoms with E-state index >= 15 is 0 Å². The van der Waals surface area contributed by atoms with E-state index in [1.54, 1.807) is 0 Å². The first-order valence-electron chi connectivity index (χ1n) is 10.6. The lowest BCUT2D eigenvalue weighted by Gasteiger charge is -2.25. The maximum absolute atomic E-state index is 12.8. The van der Waals surface area contributed by atoms with E-state index in [1.165, 1.54) is 12.8 Å². The fraction of sp³-hybridized carbons (Fsp3) is 0.636. The topological polar surface area (TPSA) is 61.9 Å². The molecule has 2 heterocycles. The number of piperidine rings is 1. The Morgan fingerprint density at radius 1 is 1.18 bits per heavy atom. The zero-order valence-electron chi connectivity index (χ0n) is 17.2. The third kappa shape index (κ3) is 5.71. The van der Waals surface area contributed by atoms with Crippen LogP contribution >= 0.6 is 0 Å². The molecule has 0 aliphatic carbocycles. The lowest BCUT2D eigenvalue weighted by molar-refractivity contribution is -0.147. The standard InChI is InChI=1S/C22H33N3O3/c1-17(2)28-21(26)8-5-18-3-6-20(7-4-18)25-16-15-24(22(25)27)14-11-19-9-12-23-13-10-19/h3-4,6-7,17,19,23H,5,8-16H2,1-2H3. The average molecular weight is 388 g/mol. The number of hydrogen-bond donors (Lipinski definition) is 1. The minimum Gasteiger partial charge on any atom is -0.463 e. The summed E-state index contributed by atoms with van der Waals surface area (Å²) in [6, 6.07) is 8.09. The molecule has 1 aromatic carbocycles. The Morgan fingerprint density at radius 2 is 1.89 bits per heavy atom. The molecule has 2 amide bonds. The molecule has 28 heavy (non-hydrogen) atoms. The van der Waals surface area contributed by atoms with E-state index in [9.17, 15) is 9.59 Å². The largest absolute Gasteiger partial charge is 0.463 e. The molecule has 6 nitrogen and oxygen atoms in total. The summed E-state index contributed by atoms with van der Waals surface area (Å²) in [5, 5.41) is 3.39. The predicted molar refractivity (Wildman–Crippen MR) is 111 cm³/mol. The van der Waals surface area contributed by atoms with E-state index in [0.29, 0.717) is 12.8 Å². The number of nitrogens with one attached hydrogen (secondary N) is 1. The van der Waals surface area contributed by atoms with Gasteiger partial charge >= 0.3 is 12.0 Å². The minimum absolute atomic E-state index is 0.0752. The molecule has 1 aromatic rings. The summed E-state index contributed by atoms with van der Waals surface area (Å²) in [5.41, 5.74) is 2.02. The summed E-state index contributed by atoms with van der Waals surface area (Å²) in [4.78, 5) is 28.3. The van der Waals surface area contributed by atoms with Crippen LogP contribution in [-0.2, 0) is 16.0 Å². The van der Waals surface area contributed by atoms with Crippen molar-refractivity contribution in [2.24, 2.45) is 5.92 Å². The smallest absolute Gasteiger partial charge is 0.324 e. The van der Waals surface area contributed by atoms with Gasteiger partial charge in [0.05, 0.1) is 6.10 Å². The Kier molecular flexibility index (Phi) is 7.31. The quantitative estimate of drug-likeness (QED) is 0.696. The van der Waals surface area contributed by atoms with Crippen LogP contribution in [0.5, 0.6) is 0 Å². The van der Waals surface area contributed by atoms with Gasteiger partial charge in [-0.25, -0.2) is 4.79 Å². The van der Waals surface area contributed by atoms with Crippen LogP contribution in [0.25, 0.3) is 0 Å². The molecule has 0 unspecified atom stereocenters. The number of amides is 2. The second-order valence-electron chi connectivity index (χ2n) is 8.11. The van der Waals surface area contributed by atoms with Crippen molar-refractivity contribution in [2.45, 2.75) is 52.1 Å². The van der Waals surface area contributed by atoms with Gasteiger partial charge in [0, 0.05) is 31.7 Å². The Labute approximate surface area is 168 Å². The SMILES string of the molecule is CC(C)OC(=O)CCc1ccc(N2CCN(CCC3CCNCC3)C2=O)cc1. The monoisotopic (exact) mass is 387 g/mol. The van der Waals surface area contributed by atoms with Crippen molar-refractivity contribution in [1.29, 1.82) is 0 Å². The van der Waals surface area contributed by atoms with Crippen molar-refractivity contribution in [3.05, 3.63) is 29.8 Å². The van der Waals surface area contributed by atoms with Gasteiger partial charge in [-0.15, -0.1) is 0 Å². The molecule has 0 saturated carbocycles. The van der Waals surface area contributed by atoms with Gasteiger partial charge in [-0.2, -0.15) is 0 Å². The molecule has 154 valence electrons. The number of hydrogen-bond acceptors (Lipinski definition) is 4. The van der Waals surface area contributed by atoms with Gasteiger partial charge in [0.15, 0.2) is 0 Å². The highest BCUT2D eigenvalue weighted by Crippen LogP contribution is 2.23. The van der Waals surface area contributed by atoms with Crippen molar-refractivity contribution in [1.82, 2.24) is 10.2 Å². The first-order chi connectivity index (χ1) is 13.5. The molecule has 0 radical (unpaired) electrons. The van der Waals surface area contributed by atoms with Crippen LogP contribution in [0.1, 0.15) is 45.1 Å². The minimum atomic E-state index is -0.168. The molecule has 0 atom stereocenters. The van der Waals surface area contributed by atoms with Crippen LogP contribution in [0.4, 0.5) is 10.5 Å². The Hall–Kier alpha value is -2.08. The van der Waals surface area contributed by atoms with Crippen molar-refractivity contribution in [3.8, 4) is 0 Å². The Morgan fingerprint density at radius 3 is 2.57 bits per heavy atom. The molecular weight excluding hydrogens is 354 g/mol. The third-order valence-electron chi connectivity index (χ3n) is 5.59. The van der Waals surface area contributed by atoms with E-state index in [-0.39, 0.29) is 18.1 Å². The van der Waals surface area contributed by atoms with Crippen molar-refractivity contribution in [3.63, 3.8) is 0 Å². The van der Waals surface area contributed by atoms with Crippen molar-refractivity contribution >= 4 is 17.7 Å². The summed E-state index contributed by atoms with van der Waals surface area (Å²) in [6.07, 6.45) is 4.50. The fourth-order valence-corrected chi connectivity index (χ4v) is 3.95. The number of anilines is 1. The summed E-state index contributed by atoms with van der Waals surface area (Å²) in [6.45, 7) is 8.32.